The number of nitrogens with one attached hydrogen (secondary N) is 1. The predicted octanol–water partition coefficient (Wildman–Crippen LogP) is 3.09. The molecule has 1 N–H and O–H groups in total. The zero-order valence-corrected chi connectivity index (χ0v) is 13.3. The minimum Gasteiger partial charge on any atom is -0.496 e. The SMILES string of the molecule is COc1cccc(OC)c1C(=O)NCC1CCCC1CCl. The van der Waals surface area contributed by atoms with Gasteiger partial charge in [0, 0.05) is 12.4 Å². The molecule has 2 unspecified atom stereocenters. The van der Waals surface area contributed by atoms with Crippen molar-refractivity contribution in [2.75, 3.05) is 26.6 Å². The lowest BCUT2D eigenvalue weighted by atomic mass is 9.98. The number of methoxy groups -OCH3 is 2. The number of amides is 1. The average Bonchev–Trinajstić information content (AvgIpc) is 2.99. The molecule has 1 fully saturated rings. The van der Waals surface area contributed by atoms with E-state index in [0.717, 1.165) is 12.8 Å². The van der Waals surface area contributed by atoms with Crippen LogP contribution in [-0.4, -0.2) is 32.6 Å². The minimum absolute atomic E-state index is 0.162. The van der Waals surface area contributed by atoms with E-state index in [9.17, 15) is 4.79 Å². The van der Waals surface area contributed by atoms with Crippen LogP contribution in [0.15, 0.2) is 18.2 Å². The third kappa shape index (κ3) is 3.62. The number of rotatable bonds is 6. The van der Waals surface area contributed by atoms with E-state index in [0.29, 0.717) is 41.3 Å². The van der Waals surface area contributed by atoms with Gasteiger partial charge in [-0.3, -0.25) is 4.79 Å². The van der Waals surface area contributed by atoms with Gasteiger partial charge in [0.2, 0.25) is 0 Å². The maximum atomic E-state index is 12.5. The molecule has 1 aliphatic carbocycles. The Morgan fingerprint density at radius 3 is 2.43 bits per heavy atom. The van der Waals surface area contributed by atoms with Crippen LogP contribution in [-0.2, 0) is 0 Å². The van der Waals surface area contributed by atoms with Gasteiger partial charge in [-0.05, 0) is 36.8 Å². The van der Waals surface area contributed by atoms with Crippen molar-refractivity contribution in [3.05, 3.63) is 23.8 Å². The van der Waals surface area contributed by atoms with E-state index in [1.807, 2.05) is 0 Å². The van der Waals surface area contributed by atoms with Crippen LogP contribution >= 0.6 is 11.6 Å². The van der Waals surface area contributed by atoms with E-state index in [-0.39, 0.29) is 5.91 Å². The number of ether oxygens (including phenoxy) is 2. The van der Waals surface area contributed by atoms with E-state index >= 15 is 0 Å². The van der Waals surface area contributed by atoms with Crippen LogP contribution in [0.25, 0.3) is 0 Å². The molecule has 1 aromatic rings. The molecular weight excluding hydrogens is 290 g/mol. The van der Waals surface area contributed by atoms with Gasteiger partial charge in [-0.1, -0.05) is 12.5 Å². The topological polar surface area (TPSA) is 47.6 Å². The first kappa shape index (κ1) is 16.0. The van der Waals surface area contributed by atoms with Crippen molar-refractivity contribution in [3.8, 4) is 11.5 Å². The van der Waals surface area contributed by atoms with E-state index in [2.05, 4.69) is 5.32 Å². The van der Waals surface area contributed by atoms with Gasteiger partial charge in [-0.2, -0.15) is 0 Å². The number of hydrogen-bond donors (Lipinski definition) is 1. The van der Waals surface area contributed by atoms with Crippen LogP contribution in [0.4, 0.5) is 0 Å². The predicted molar refractivity (Wildman–Crippen MR) is 83.4 cm³/mol. The van der Waals surface area contributed by atoms with Gasteiger partial charge < -0.3 is 14.8 Å². The second kappa shape index (κ2) is 7.55. The first-order valence-electron chi connectivity index (χ1n) is 7.26. The van der Waals surface area contributed by atoms with Gasteiger partial charge in [0.15, 0.2) is 0 Å². The summed E-state index contributed by atoms with van der Waals surface area (Å²) in [6.45, 7) is 0.650. The standard InChI is InChI=1S/C16H22ClNO3/c1-20-13-7-4-8-14(21-2)15(13)16(19)18-10-12-6-3-5-11(12)9-17/h4,7-8,11-12H,3,5-6,9-10H2,1-2H3,(H,18,19). The monoisotopic (exact) mass is 311 g/mol. The molecule has 0 aromatic heterocycles. The molecule has 0 aliphatic heterocycles. The molecule has 1 saturated carbocycles. The molecule has 1 aromatic carbocycles. The zero-order valence-electron chi connectivity index (χ0n) is 12.5. The summed E-state index contributed by atoms with van der Waals surface area (Å²) in [5.41, 5.74) is 0.447. The summed E-state index contributed by atoms with van der Waals surface area (Å²) in [5.74, 6) is 2.51. The largest absolute Gasteiger partial charge is 0.496 e. The fourth-order valence-electron chi connectivity index (χ4n) is 2.97. The molecule has 4 nitrogen and oxygen atoms in total. The zero-order chi connectivity index (χ0) is 15.2. The molecule has 5 heteroatoms. The summed E-state index contributed by atoms with van der Waals surface area (Å²) >= 11 is 5.98. The second-order valence-electron chi connectivity index (χ2n) is 5.35. The van der Waals surface area contributed by atoms with E-state index in [1.54, 1.807) is 32.4 Å². The molecule has 2 atom stereocenters. The number of alkyl halides is 1. The highest BCUT2D eigenvalue weighted by Crippen LogP contribution is 2.32. The lowest BCUT2D eigenvalue weighted by molar-refractivity contribution is 0.0938. The number of carbonyl (C=O) groups excluding carboxylic acids is 1. The summed E-state index contributed by atoms with van der Waals surface area (Å²) in [5, 5.41) is 3.00. The van der Waals surface area contributed by atoms with Crippen LogP contribution in [0.1, 0.15) is 29.6 Å². The molecule has 21 heavy (non-hydrogen) atoms. The van der Waals surface area contributed by atoms with Gasteiger partial charge in [-0.15, -0.1) is 11.6 Å². The molecule has 0 saturated heterocycles. The highest BCUT2D eigenvalue weighted by Gasteiger charge is 2.27. The second-order valence-corrected chi connectivity index (χ2v) is 5.66. The quantitative estimate of drug-likeness (QED) is 0.821. The number of halogens is 1. The summed E-state index contributed by atoms with van der Waals surface area (Å²) in [6.07, 6.45) is 3.47. The Balaban J connectivity index is 2.06. The van der Waals surface area contributed by atoms with Gasteiger partial charge in [0.1, 0.15) is 17.1 Å². The lowest BCUT2D eigenvalue weighted by Crippen LogP contribution is -2.31. The van der Waals surface area contributed by atoms with E-state index in [4.69, 9.17) is 21.1 Å². The van der Waals surface area contributed by atoms with Crippen molar-refractivity contribution < 1.29 is 14.3 Å². The van der Waals surface area contributed by atoms with Gasteiger partial charge >= 0.3 is 0 Å². The normalized spacial score (nSPS) is 21.1. The molecule has 0 radical (unpaired) electrons. The van der Waals surface area contributed by atoms with Crippen LogP contribution < -0.4 is 14.8 Å². The van der Waals surface area contributed by atoms with Gasteiger partial charge in [-0.25, -0.2) is 0 Å². The third-order valence-electron chi connectivity index (χ3n) is 4.19. The van der Waals surface area contributed by atoms with Crippen molar-refractivity contribution in [3.63, 3.8) is 0 Å². The number of carbonyl (C=O) groups is 1. The van der Waals surface area contributed by atoms with E-state index < -0.39 is 0 Å². The fourth-order valence-corrected chi connectivity index (χ4v) is 3.38. The molecular formula is C16H22ClNO3. The van der Waals surface area contributed by atoms with Crippen LogP contribution in [0.5, 0.6) is 11.5 Å². The Morgan fingerprint density at radius 2 is 1.86 bits per heavy atom. The summed E-state index contributed by atoms with van der Waals surface area (Å²) in [4.78, 5) is 12.5. The fraction of sp³-hybridized carbons (Fsp3) is 0.562. The van der Waals surface area contributed by atoms with Crippen molar-refractivity contribution in [2.24, 2.45) is 11.8 Å². The Labute approximate surface area is 130 Å². The maximum Gasteiger partial charge on any atom is 0.258 e. The summed E-state index contributed by atoms with van der Waals surface area (Å²) in [7, 11) is 3.10. The van der Waals surface area contributed by atoms with Crippen LogP contribution in [0.3, 0.4) is 0 Å². The number of hydrogen-bond acceptors (Lipinski definition) is 3. The Hall–Kier alpha value is -1.42. The lowest BCUT2D eigenvalue weighted by Gasteiger charge is -2.19. The smallest absolute Gasteiger partial charge is 0.258 e. The minimum atomic E-state index is -0.162. The molecule has 2 rings (SSSR count). The van der Waals surface area contributed by atoms with E-state index in [1.165, 1.54) is 6.42 Å². The van der Waals surface area contributed by atoms with Gasteiger partial charge in [0.25, 0.3) is 5.91 Å². The maximum absolute atomic E-state index is 12.5. The Bertz CT molecular complexity index is 470. The van der Waals surface area contributed by atoms with Crippen LogP contribution in [0, 0.1) is 11.8 Å². The Kier molecular flexibility index (Phi) is 5.74. The number of benzene rings is 1. The van der Waals surface area contributed by atoms with Gasteiger partial charge in [0.05, 0.1) is 14.2 Å². The van der Waals surface area contributed by atoms with Crippen molar-refractivity contribution in [2.45, 2.75) is 19.3 Å². The highest BCUT2D eigenvalue weighted by molar-refractivity contribution is 6.18. The Morgan fingerprint density at radius 1 is 1.24 bits per heavy atom. The molecule has 0 heterocycles. The first-order valence-corrected chi connectivity index (χ1v) is 7.79. The van der Waals surface area contributed by atoms with Crippen molar-refractivity contribution in [1.82, 2.24) is 5.32 Å². The average molecular weight is 312 g/mol. The highest BCUT2D eigenvalue weighted by atomic mass is 35.5. The molecule has 0 spiro atoms. The van der Waals surface area contributed by atoms with Crippen molar-refractivity contribution >= 4 is 17.5 Å². The van der Waals surface area contributed by atoms with Crippen LogP contribution in [0.2, 0.25) is 0 Å². The first-order chi connectivity index (χ1) is 10.2. The summed E-state index contributed by atoms with van der Waals surface area (Å²) < 4.78 is 10.5. The molecule has 116 valence electrons. The summed E-state index contributed by atoms with van der Waals surface area (Å²) in [6, 6.07) is 5.32. The molecule has 1 amide bonds. The third-order valence-corrected chi connectivity index (χ3v) is 4.59. The molecule has 0 bridgehead atoms. The molecule has 1 aliphatic rings. The van der Waals surface area contributed by atoms with Crippen molar-refractivity contribution in [1.29, 1.82) is 0 Å².